The van der Waals surface area contributed by atoms with Gasteiger partial charge in [0.15, 0.2) is 0 Å². The van der Waals surface area contributed by atoms with Crippen LogP contribution in [0.25, 0.3) is 10.2 Å². The molecule has 0 saturated carbocycles. The van der Waals surface area contributed by atoms with Gasteiger partial charge in [0.25, 0.3) is 0 Å². The number of nitrogens with zero attached hydrogens (tertiary/aromatic N) is 3. The molecule has 0 bridgehead atoms. The molecule has 1 aliphatic rings. The number of pyridine rings is 1. The standard InChI is InChI=1S/C16H15N3OS/c1-10-18-15(20-11-5-4-8-17-9-11)14-12-6-2-3-7-13(12)21-16(14)19-10/h4-5,8-9H,2-3,6-7H2,1H3. The number of fused-ring (bicyclic) bond motifs is 3. The Labute approximate surface area is 126 Å². The SMILES string of the molecule is Cc1nc(Oc2cccnc2)c2c3c(sc2n1)CCCC3. The summed E-state index contributed by atoms with van der Waals surface area (Å²) < 4.78 is 5.99. The number of aromatic nitrogens is 3. The third-order valence-corrected chi connectivity index (χ3v) is 4.93. The highest BCUT2D eigenvalue weighted by molar-refractivity contribution is 7.18. The third-order valence-electron chi connectivity index (χ3n) is 3.74. The van der Waals surface area contributed by atoms with Crippen molar-refractivity contribution in [3.63, 3.8) is 0 Å². The molecular formula is C16H15N3OS. The number of rotatable bonds is 2. The Balaban J connectivity index is 1.89. The number of hydrogen-bond acceptors (Lipinski definition) is 5. The van der Waals surface area contributed by atoms with Gasteiger partial charge in [0.2, 0.25) is 5.88 Å². The Bertz CT molecular complexity index is 798. The van der Waals surface area contributed by atoms with E-state index in [1.165, 1.54) is 23.3 Å². The van der Waals surface area contributed by atoms with E-state index in [-0.39, 0.29) is 0 Å². The van der Waals surface area contributed by atoms with E-state index in [0.29, 0.717) is 11.6 Å². The minimum atomic E-state index is 0.671. The minimum Gasteiger partial charge on any atom is -0.437 e. The van der Waals surface area contributed by atoms with E-state index in [2.05, 4.69) is 15.0 Å². The average molecular weight is 297 g/mol. The van der Waals surface area contributed by atoms with E-state index >= 15 is 0 Å². The summed E-state index contributed by atoms with van der Waals surface area (Å²) in [6.45, 7) is 1.91. The highest BCUT2D eigenvalue weighted by atomic mass is 32.1. The van der Waals surface area contributed by atoms with E-state index in [1.54, 1.807) is 23.7 Å². The molecule has 0 spiro atoms. The van der Waals surface area contributed by atoms with Gasteiger partial charge in [0.1, 0.15) is 16.4 Å². The smallest absolute Gasteiger partial charge is 0.231 e. The summed E-state index contributed by atoms with van der Waals surface area (Å²) in [7, 11) is 0. The second kappa shape index (κ2) is 5.07. The molecule has 0 N–H and O–H groups in total. The summed E-state index contributed by atoms with van der Waals surface area (Å²) in [5.74, 6) is 2.14. The largest absolute Gasteiger partial charge is 0.437 e. The normalized spacial score (nSPS) is 14.1. The van der Waals surface area contributed by atoms with Gasteiger partial charge in [-0.1, -0.05) is 0 Å². The van der Waals surface area contributed by atoms with Crippen LogP contribution in [0.15, 0.2) is 24.5 Å². The molecule has 0 fully saturated rings. The zero-order chi connectivity index (χ0) is 14.2. The summed E-state index contributed by atoms with van der Waals surface area (Å²) in [6, 6.07) is 3.76. The third kappa shape index (κ3) is 2.27. The van der Waals surface area contributed by atoms with Gasteiger partial charge in [-0.25, -0.2) is 4.98 Å². The van der Waals surface area contributed by atoms with E-state index in [1.807, 2.05) is 19.1 Å². The Kier molecular flexibility index (Phi) is 3.07. The van der Waals surface area contributed by atoms with Gasteiger partial charge in [-0.05, 0) is 50.3 Å². The maximum atomic E-state index is 5.99. The summed E-state index contributed by atoms with van der Waals surface area (Å²) in [5, 5.41) is 1.10. The lowest BCUT2D eigenvalue weighted by atomic mass is 9.97. The highest BCUT2D eigenvalue weighted by Gasteiger charge is 2.21. The van der Waals surface area contributed by atoms with Gasteiger partial charge in [0.05, 0.1) is 11.6 Å². The average Bonchev–Trinajstić information content (AvgIpc) is 2.86. The molecule has 21 heavy (non-hydrogen) atoms. The van der Waals surface area contributed by atoms with Gasteiger partial charge < -0.3 is 4.74 Å². The molecule has 3 heterocycles. The van der Waals surface area contributed by atoms with E-state index in [9.17, 15) is 0 Å². The molecule has 0 saturated heterocycles. The maximum Gasteiger partial charge on any atom is 0.231 e. The second-order valence-electron chi connectivity index (χ2n) is 5.26. The molecule has 0 unspecified atom stereocenters. The highest BCUT2D eigenvalue weighted by Crippen LogP contribution is 2.40. The lowest BCUT2D eigenvalue weighted by Gasteiger charge is -2.12. The predicted octanol–water partition coefficient (Wildman–Crippen LogP) is 4.07. The summed E-state index contributed by atoms with van der Waals surface area (Å²) >= 11 is 1.79. The number of ether oxygens (including phenoxy) is 1. The van der Waals surface area contributed by atoms with Crippen LogP contribution < -0.4 is 4.74 Å². The first kappa shape index (κ1) is 12.7. The zero-order valence-corrected chi connectivity index (χ0v) is 12.6. The molecule has 0 atom stereocenters. The molecule has 0 aliphatic heterocycles. The van der Waals surface area contributed by atoms with Crippen LogP contribution in [-0.2, 0) is 12.8 Å². The monoisotopic (exact) mass is 297 g/mol. The molecule has 4 rings (SSSR count). The number of thiophene rings is 1. The minimum absolute atomic E-state index is 0.671. The number of hydrogen-bond donors (Lipinski definition) is 0. The van der Waals surface area contributed by atoms with Crippen LogP contribution in [0, 0.1) is 6.92 Å². The molecule has 3 aromatic rings. The van der Waals surface area contributed by atoms with Crippen LogP contribution in [0.3, 0.4) is 0 Å². The fourth-order valence-corrected chi connectivity index (χ4v) is 4.12. The number of aryl methyl sites for hydroxylation is 3. The van der Waals surface area contributed by atoms with Crippen LogP contribution in [0.2, 0.25) is 0 Å². The van der Waals surface area contributed by atoms with Crippen molar-refractivity contribution in [3.8, 4) is 11.6 Å². The lowest BCUT2D eigenvalue weighted by Crippen LogP contribution is -2.00. The molecule has 0 radical (unpaired) electrons. The van der Waals surface area contributed by atoms with Crippen molar-refractivity contribution < 1.29 is 4.74 Å². The quantitative estimate of drug-likeness (QED) is 0.715. The van der Waals surface area contributed by atoms with Crippen LogP contribution in [-0.4, -0.2) is 15.0 Å². The Hall–Kier alpha value is -2.01. The second-order valence-corrected chi connectivity index (χ2v) is 6.34. The van der Waals surface area contributed by atoms with Crippen LogP contribution in [0.1, 0.15) is 29.1 Å². The zero-order valence-electron chi connectivity index (χ0n) is 11.8. The van der Waals surface area contributed by atoms with Crippen LogP contribution in [0.4, 0.5) is 0 Å². The Morgan fingerprint density at radius 2 is 2.10 bits per heavy atom. The first-order chi connectivity index (χ1) is 10.3. The van der Waals surface area contributed by atoms with Gasteiger partial charge in [0, 0.05) is 11.1 Å². The summed E-state index contributed by atoms with van der Waals surface area (Å²) in [5.41, 5.74) is 1.39. The molecule has 3 aromatic heterocycles. The van der Waals surface area contributed by atoms with Gasteiger partial charge in [-0.15, -0.1) is 11.3 Å². The molecule has 0 aromatic carbocycles. The molecule has 0 amide bonds. The summed E-state index contributed by atoms with van der Waals surface area (Å²) in [6.07, 6.45) is 8.21. The maximum absolute atomic E-state index is 5.99. The fraction of sp³-hybridized carbons (Fsp3) is 0.312. The molecule has 106 valence electrons. The molecular weight excluding hydrogens is 282 g/mol. The topological polar surface area (TPSA) is 47.9 Å². The van der Waals surface area contributed by atoms with Crippen LogP contribution in [0.5, 0.6) is 11.6 Å². The van der Waals surface area contributed by atoms with E-state index in [0.717, 1.165) is 28.9 Å². The Morgan fingerprint density at radius 1 is 1.19 bits per heavy atom. The van der Waals surface area contributed by atoms with Gasteiger partial charge in [-0.3, -0.25) is 4.98 Å². The Morgan fingerprint density at radius 3 is 2.95 bits per heavy atom. The van der Waals surface area contributed by atoms with Crippen molar-refractivity contribution in [3.05, 3.63) is 40.8 Å². The molecule has 5 heteroatoms. The molecule has 4 nitrogen and oxygen atoms in total. The predicted molar refractivity (Wildman–Crippen MR) is 83.1 cm³/mol. The van der Waals surface area contributed by atoms with Crippen molar-refractivity contribution in [1.29, 1.82) is 0 Å². The fourth-order valence-electron chi connectivity index (χ4n) is 2.82. The van der Waals surface area contributed by atoms with Crippen molar-refractivity contribution >= 4 is 21.6 Å². The van der Waals surface area contributed by atoms with Crippen molar-refractivity contribution in [1.82, 2.24) is 15.0 Å². The van der Waals surface area contributed by atoms with E-state index < -0.39 is 0 Å². The molecule has 1 aliphatic carbocycles. The first-order valence-electron chi connectivity index (χ1n) is 7.18. The first-order valence-corrected chi connectivity index (χ1v) is 7.99. The van der Waals surface area contributed by atoms with Crippen molar-refractivity contribution in [2.24, 2.45) is 0 Å². The van der Waals surface area contributed by atoms with E-state index in [4.69, 9.17) is 4.74 Å². The summed E-state index contributed by atoms with van der Waals surface area (Å²) in [4.78, 5) is 15.7. The van der Waals surface area contributed by atoms with Gasteiger partial charge >= 0.3 is 0 Å². The van der Waals surface area contributed by atoms with Crippen molar-refractivity contribution in [2.45, 2.75) is 32.6 Å². The van der Waals surface area contributed by atoms with Crippen molar-refractivity contribution in [2.75, 3.05) is 0 Å². The van der Waals surface area contributed by atoms with Gasteiger partial charge in [-0.2, -0.15) is 4.98 Å². The van der Waals surface area contributed by atoms with Crippen LogP contribution >= 0.6 is 11.3 Å². The lowest BCUT2D eigenvalue weighted by molar-refractivity contribution is 0.464.